The molecular weight excluding hydrogens is 427 g/mol. The molecule has 0 saturated heterocycles. The van der Waals surface area contributed by atoms with Gasteiger partial charge in [0.25, 0.3) is 0 Å². The molecule has 0 fully saturated rings. The van der Waals surface area contributed by atoms with Gasteiger partial charge in [0.1, 0.15) is 22.9 Å². The summed E-state index contributed by atoms with van der Waals surface area (Å²) in [6, 6.07) is 7.75. The number of phenolic OH excluding ortho intramolecular Hbond substituents is 1. The van der Waals surface area contributed by atoms with Gasteiger partial charge >= 0.3 is 0 Å². The molecule has 0 spiro atoms. The second-order valence-corrected chi connectivity index (χ2v) is 9.94. The fraction of sp³-hybridized carbons (Fsp3) is 0.320. The molecule has 7 nitrogen and oxygen atoms in total. The number of anilines is 2. The molecule has 8 heteroatoms. The number of carbonyl (C=O) groups is 2. The maximum Gasteiger partial charge on any atom is 0.229 e. The predicted molar refractivity (Wildman–Crippen MR) is 126 cm³/mol. The first-order valence-electron chi connectivity index (χ1n) is 10.4. The molecule has 1 aromatic heterocycles. The second-order valence-electron chi connectivity index (χ2n) is 9.94. The third-order valence-corrected chi connectivity index (χ3v) is 4.93. The molecule has 0 saturated carbocycles. The van der Waals surface area contributed by atoms with Gasteiger partial charge in [0.2, 0.25) is 11.8 Å². The van der Waals surface area contributed by atoms with Gasteiger partial charge < -0.3 is 20.2 Å². The Bertz CT molecular complexity index is 1310. The van der Waals surface area contributed by atoms with E-state index in [4.69, 9.17) is 4.42 Å². The van der Waals surface area contributed by atoms with Crippen LogP contribution < -0.4 is 16.1 Å². The molecule has 0 aliphatic heterocycles. The average molecular weight is 454 g/mol. The van der Waals surface area contributed by atoms with Gasteiger partial charge in [-0.2, -0.15) is 0 Å². The predicted octanol–water partition coefficient (Wildman–Crippen LogP) is 5.27. The van der Waals surface area contributed by atoms with Crippen molar-refractivity contribution < 1.29 is 23.5 Å². The van der Waals surface area contributed by atoms with Gasteiger partial charge in [0, 0.05) is 34.6 Å². The molecule has 0 atom stereocenters. The lowest BCUT2D eigenvalue weighted by atomic mass is 9.95. The first-order chi connectivity index (χ1) is 15.2. The van der Waals surface area contributed by atoms with Crippen LogP contribution in [0.15, 0.2) is 45.6 Å². The van der Waals surface area contributed by atoms with Crippen molar-refractivity contribution in [2.45, 2.75) is 41.5 Å². The number of amides is 2. The van der Waals surface area contributed by atoms with Gasteiger partial charge in [-0.3, -0.25) is 14.4 Å². The normalized spacial score (nSPS) is 12.0. The fourth-order valence-corrected chi connectivity index (χ4v) is 2.90. The van der Waals surface area contributed by atoms with E-state index in [1.54, 1.807) is 41.5 Å². The standard InChI is InChI=1S/C25H27FN2O5/c1-24(2,3)22(31)27-16-8-7-13(9-15(16)26)19-12-18(30)21-17(28-23(32)25(4,5)6)10-14(29)11-20(21)33-19/h7-12,29H,1-6H3,(H,27,31)(H,28,32). The summed E-state index contributed by atoms with van der Waals surface area (Å²) in [5, 5.41) is 15.4. The first kappa shape index (κ1) is 24.0. The Labute approximate surface area is 190 Å². The topological polar surface area (TPSA) is 109 Å². The van der Waals surface area contributed by atoms with Crippen LogP contribution in [0.25, 0.3) is 22.3 Å². The molecule has 2 amide bonds. The molecule has 3 rings (SSSR count). The molecule has 33 heavy (non-hydrogen) atoms. The quantitative estimate of drug-likeness (QED) is 0.499. The summed E-state index contributed by atoms with van der Waals surface area (Å²) in [7, 11) is 0. The van der Waals surface area contributed by atoms with E-state index in [1.807, 2.05) is 0 Å². The highest BCUT2D eigenvalue weighted by Crippen LogP contribution is 2.32. The number of hydrogen-bond acceptors (Lipinski definition) is 5. The molecule has 174 valence electrons. The summed E-state index contributed by atoms with van der Waals surface area (Å²) < 4.78 is 20.4. The highest BCUT2D eigenvalue weighted by atomic mass is 19.1. The lowest BCUT2D eigenvalue weighted by Gasteiger charge is -2.19. The summed E-state index contributed by atoms with van der Waals surface area (Å²) in [6.07, 6.45) is 0. The maximum atomic E-state index is 14.7. The van der Waals surface area contributed by atoms with E-state index in [9.17, 15) is 23.9 Å². The van der Waals surface area contributed by atoms with Crippen LogP contribution in [0.2, 0.25) is 0 Å². The summed E-state index contributed by atoms with van der Waals surface area (Å²) in [5.41, 5.74) is -1.46. The van der Waals surface area contributed by atoms with Crippen molar-refractivity contribution in [3.05, 3.63) is 52.4 Å². The van der Waals surface area contributed by atoms with E-state index in [2.05, 4.69) is 10.6 Å². The molecule has 0 bridgehead atoms. The molecule has 0 radical (unpaired) electrons. The Kier molecular flexibility index (Phi) is 6.06. The van der Waals surface area contributed by atoms with E-state index in [0.29, 0.717) is 0 Å². The number of fused-ring (bicyclic) bond motifs is 1. The van der Waals surface area contributed by atoms with Crippen LogP contribution in [0.1, 0.15) is 41.5 Å². The Morgan fingerprint density at radius 3 is 2.00 bits per heavy atom. The van der Waals surface area contributed by atoms with E-state index in [0.717, 1.165) is 6.07 Å². The van der Waals surface area contributed by atoms with Crippen LogP contribution in [-0.2, 0) is 9.59 Å². The fourth-order valence-electron chi connectivity index (χ4n) is 2.90. The Morgan fingerprint density at radius 1 is 0.879 bits per heavy atom. The third kappa shape index (κ3) is 5.22. The minimum absolute atomic E-state index is 0.00614. The number of phenols is 1. The molecule has 3 N–H and O–H groups in total. The largest absolute Gasteiger partial charge is 0.508 e. The van der Waals surface area contributed by atoms with Gasteiger partial charge in [-0.05, 0) is 18.2 Å². The van der Waals surface area contributed by atoms with Crippen LogP contribution in [-0.4, -0.2) is 16.9 Å². The van der Waals surface area contributed by atoms with E-state index in [1.165, 1.54) is 30.3 Å². The number of aromatic hydroxyl groups is 1. The molecule has 1 heterocycles. The van der Waals surface area contributed by atoms with Crippen LogP contribution in [0, 0.1) is 16.6 Å². The SMILES string of the molecule is CC(C)(C)C(=O)Nc1ccc(-c2cc(=O)c3c(NC(=O)C(C)(C)C)cc(O)cc3o2)cc1F. The highest BCUT2D eigenvalue weighted by molar-refractivity contribution is 6.03. The third-order valence-electron chi connectivity index (χ3n) is 4.93. The average Bonchev–Trinajstić information content (AvgIpc) is 2.67. The number of carbonyl (C=O) groups excluding carboxylic acids is 2. The minimum atomic E-state index is -0.723. The molecule has 3 aromatic rings. The van der Waals surface area contributed by atoms with Crippen LogP contribution in [0.5, 0.6) is 5.75 Å². The van der Waals surface area contributed by atoms with Crippen molar-refractivity contribution in [1.29, 1.82) is 0 Å². The summed E-state index contributed by atoms with van der Waals surface area (Å²) in [6.45, 7) is 10.3. The number of rotatable bonds is 3. The zero-order valence-electron chi connectivity index (χ0n) is 19.4. The van der Waals surface area contributed by atoms with Crippen molar-refractivity contribution in [3.8, 4) is 17.1 Å². The number of benzene rings is 2. The smallest absolute Gasteiger partial charge is 0.229 e. The molecule has 0 unspecified atom stereocenters. The Hall–Kier alpha value is -3.68. The zero-order valence-corrected chi connectivity index (χ0v) is 19.4. The lowest BCUT2D eigenvalue weighted by Crippen LogP contribution is -2.28. The molecule has 0 aliphatic carbocycles. The van der Waals surface area contributed by atoms with E-state index in [-0.39, 0.29) is 51.2 Å². The highest BCUT2D eigenvalue weighted by Gasteiger charge is 2.24. The van der Waals surface area contributed by atoms with Crippen LogP contribution in [0.4, 0.5) is 15.8 Å². The van der Waals surface area contributed by atoms with E-state index >= 15 is 0 Å². The summed E-state index contributed by atoms with van der Waals surface area (Å²) in [5.74, 6) is -1.52. The summed E-state index contributed by atoms with van der Waals surface area (Å²) in [4.78, 5) is 37.4. The number of halogens is 1. The second kappa shape index (κ2) is 8.35. The Balaban J connectivity index is 2.04. The zero-order chi connectivity index (χ0) is 24.7. The van der Waals surface area contributed by atoms with Gasteiger partial charge in [-0.25, -0.2) is 4.39 Å². The molecule has 0 aliphatic rings. The van der Waals surface area contributed by atoms with E-state index < -0.39 is 22.1 Å². The summed E-state index contributed by atoms with van der Waals surface area (Å²) >= 11 is 0. The number of hydrogen-bond donors (Lipinski definition) is 3. The minimum Gasteiger partial charge on any atom is -0.508 e. The van der Waals surface area contributed by atoms with Crippen molar-refractivity contribution >= 4 is 34.2 Å². The van der Waals surface area contributed by atoms with Gasteiger partial charge in [0.15, 0.2) is 5.43 Å². The van der Waals surface area contributed by atoms with Gasteiger partial charge in [-0.1, -0.05) is 41.5 Å². The van der Waals surface area contributed by atoms with Gasteiger partial charge in [0.05, 0.1) is 16.8 Å². The lowest BCUT2D eigenvalue weighted by molar-refractivity contribution is -0.123. The van der Waals surface area contributed by atoms with Crippen molar-refractivity contribution in [2.24, 2.45) is 10.8 Å². The first-order valence-corrected chi connectivity index (χ1v) is 10.4. The number of nitrogens with one attached hydrogen (secondary N) is 2. The molecule has 2 aromatic carbocycles. The molecular formula is C25H27FN2O5. The monoisotopic (exact) mass is 454 g/mol. The van der Waals surface area contributed by atoms with Crippen molar-refractivity contribution in [3.63, 3.8) is 0 Å². The van der Waals surface area contributed by atoms with Crippen LogP contribution >= 0.6 is 0 Å². The van der Waals surface area contributed by atoms with Crippen molar-refractivity contribution in [1.82, 2.24) is 0 Å². The van der Waals surface area contributed by atoms with Gasteiger partial charge in [-0.15, -0.1) is 0 Å². The maximum absolute atomic E-state index is 14.7. The Morgan fingerprint density at radius 2 is 1.45 bits per heavy atom. The van der Waals surface area contributed by atoms with Crippen molar-refractivity contribution in [2.75, 3.05) is 10.6 Å². The van der Waals surface area contributed by atoms with Crippen LogP contribution in [0.3, 0.4) is 0 Å².